The van der Waals surface area contributed by atoms with Crippen molar-refractivity contribution >= 4 is 21.6 Å². The van der Waals surface area contributed by atoms with Gasteiger partial charge in [0.05, 0.1) is 10.5 Å². The van der Waals surface area contributed by atoms with Crippen LogP contribution in [-0.4, -0.2) is 51.9 Å². The SMILES string of the molecule is CC1CCCC(NC(=O)c2cc(S(=O)(=O)N(C)C)ccc2N2CCCC2)C1. The number of anilines is 1. The quantitative estimate of drug-likeness (QED) is 0.835. The second kappa shape index (κ2) is 8.19. The van der Waals surface area contributed by atoms with Gasteiger partial charge in [-0.3, -0.25) is 4.79 Å². The molecule has 0 radical (unpaired) electrons. The Labute approximate surface area is 163 Å². The number of amides is 1. The minimum Gasteiger partial charge on any atom is -0.371 e. The largest absolute Gasteiger partial charge is 0.371 e. The summed E-state index contributed by atoms with van der Waals surface area (Å²) < 4.78 is 26.3. The average Bonchev–Trinajstić information content (AvgIpc) is 3.15. The van der Waals surface area contributed by atoms with Gasteiger partial charge in [0, 0.05) is 38.9 Å². The summed E-state index contributed by atoms with van der Waals surface area (Å²) >= 11 is 0. The number of rotatable bonds is 5. The topological polar surface area (TPSA) is 69.7 Å². The Balaban J connectivity index is 1.92. The summed E-state index contributed by atoms with van der Waals surface area (Å²) in [5.41, 5.74) is 1.31. The second-order valence-corrected chi connectivity index (χ2v) is 10.3. The molecule has 1 aromatic rings. The van der Waals surface area contributed by atoms with E-state index in [1.54, 1.807) is 18.2 Å². The van der Waals surface area contributed by atoms with Gasteiger partial charge in [0.25, 0.3) is 5.91 Å². The van der Waals surface area contributed by atoms with Crippen LogP contribution in [0, 0.1) is 5.92 Å². The van der Waals surface area contributed by atoms with Gasteiger partial charge < -0.3 is 10.2 Å². The zero-order valence-corrected chi connectivity index (χ0v) is 17.4. The predicted molar refractivity (Wildman–Crippen MR) is 108 cm³/mol. The van der Waals surface area contributed by atoms with Crippen LogP contribution in [0.25, 0.3) is 0 Å². The molecule has 0 bridgehead atoms. The number of benzene rings is 1. The first kappa shape index (κ1) is 20.1. The maximum Gasteiger partial charge on any atom is 0.253 e. The molecule has 150 valence electrons. The zero-order chi connectivity index (χ0) is 19.6. The van der Waals surface area contributed by atoms with E-state index in [2.05, 4.69) is 17.1 Å². The van der Waals surface area contributed by atoms with Crippen LogP contribution in [0.1, 0.15) is 55.8 Å². The van der Waals surface area contributed by atoms with Crippen LogP contribution in [0.5, 0.6) is 0 Å². The van der Waals surface area contributed by atoms with Gasteiger partial charge in [0.1, 0.15) is 0 Å². The molecule has 1 amide bonds. The Bertz CT molecular complexity index is 786. The zero-order valence-electron chi connectivity index (χ0n) is 16.6. The standard InChI is InChI=1S/C20H31N3O3S/c1-15-7-6-8-16(13-15)21-20(24)18-14-17(27(25,26)22(2)3)9-10-19(18)23-11-4-5-12-23/h9-10,14-16H,4-8,11-13H2,1-3H3,(H,21,24). The van der Waals surface area contributed by atoms with Gasteiger partial charge in [-0.2, -0.15) is 0 Å². The van der Waals surface area contributed by atoms with Crippen LogP contribution in [-0.2, 0) is 10.0 Å². The maximum absolute atomic E-state index is 13.1. The number of nitrogens with zero attached hydrogens (tertiary/aromatic N) is 2. The molecule has 1 saturated carbocycles. The van der Waals surface area contributed by atoms with Gasteiger partial charge in [0.15, 0.2) is 0 Å². The van der Waals surface area contributed by atoms with Crippen molar-refractivity contribution in [1.29, 1.82) is 0 Å². The molecule has 2 aliphatic rings. The summed E-state index contributed by atoms with van der Waals surface area (Å²) in [7, 11) is -0.567. The molecule has 1 aromatic carbocycles. The number of hydrogen-bond acceptors (Lipinski definition) is 4. The maximum atomic E-state index is 13.1. The van der Waals surface area contributed by atoms with Crippen LogP contribution in [0.2, 0.25) is 0 Å². The van der Waals surface area contributed by atoms with E-state index >= 15 is 0 Å². The Hall–Kier alpha value is -1.60. The third kappa shape index (κ3) is 4.46. The highest BCUT2D eigenvalue weighted by Gasteiger charge is 2.27. The molecule has 2 fully saturated rings. The molecule has 7 heteroatoms. The lowest BCUT2D eigenvalue weighted by Crippen LogP contribution is -2.38. The molecular formula is C20H31N3O3S. The van der Waals surface area contributed by atoms with Crippen molar-refractivity contribution in [3.63, 3.8) is 0 Å². The van der Waals surface area contributed by atoms with Gasteiger partial charge in [-0.1, -0.05) is 19.8 Å². The number of hydrogen-bond donors (Lipinski definition) is 1. The van der Waals surface area contributed by atoms with Crippen LogP contribution in [0.3, 0.4) is 0 Å². The van der Waals surface area contributed by atoms with Crippen molar-refractivity contribution < 1.29 is 13.2 Å². The third-order valence-corrected chi connectivity index (χ3v) is 7.52. The summed E-state index contributed by atoms with van der Waals surface area (Å²) in [6.07, 6.45) is 6.51. The average molecular weight is 394 g/mol. The predicted octanol–water partition coefficient (Wildman–Crippen LogP) is 2.85. The van der Waals surface area contributed by atoms with E-state index in [1.165, 1.54) is 24.8 Å². The first-order valence-electron chi connectivity index (χ1n) is 9.91. The monoisotopic (exact) mass is 393 g/mol. The summed E-state index contributed by atoms with van der Waals surface area (Å²) in [5, 5.41) is 3.16. The van der Waals surface area contributed by atoms with Crippen LogP contribution >= 0.6 is 0 Å². The Morgan fingerprint density at radius 2 is 1.85 bits per heavy atom. The molecule has 1 saturated heterocycles. The molecule has 0 aromatic heterocycles. The van der Waals surface area contributed by atoms with Gasteiger partial charge in [-0.15, -0.1) is 0 Å². The first-order valence-corrected chi connectivity index (χ1v) is 11.4. The van der Waals surface area contributed by atoms with Crippen LogP contribution < -0.4 is 10.2 Å². The molecule has 2 atom stereocenters. The minimum atomic E-state index is -3.58. The molecule has 2 unspecified atom stereocenters. The lowest BCUT2D eigenvalue weighted by molar-refractivity contribution is 0.0921. The number of carbonyl (C=O) groups is 1. The second-order valence-electron chi connectivity index (χ2n) is 8.10. The highest BCUT2D eigenvalue weighted by molar-refractivity contribution is 7.89. The Kier molecular flexibility index (Phi) is 6.11. The smallest absolute Gasteiger partial charge is 0.253 e. The molecule has 27 heavy (non-hydrogen) atoms. The minimum absolute atomic E-state index is 0.160. The fourth-order valence-corrected chi connectivity index (χ4v) is 5.06. The van der Waals surface area contributed by atoms with Crippen molar-refractivity contribution in [3.8, 4) is 0 Å². The molecule has 1 aliphatic heterocycles. The molecule has 1 N–H and O–H groups in total. The van der Waals surface area contributed by atoms with Crippen molar-refractivity contribution in [1.82, 2.24) is 9.62 Å². The summed E-state index contributed by atoms with van der Waals surface area (Å²) in [4.78, 5) is 15.4. The van der Waals surface area contributed by atoms with E-state index < -0.39 is 10.0 Å². The molecule has 1 aliphatic carbocycles. The van der Waals surface area contributed by atoms with E-state index in [0.29, 0.717) is 11.5 Å². The van der Waals surface area contributed by atoms with E-state index in [1.807, 2.05) is 0 Å². The number of nitrogens with one attached hydrogen (secondary N) is 1. The normalized spacial score (nSPS) is 23.6. The van der Waals surface area contributed by atoms with Gasteiger partial charge in [-0.05, 0) is 49.8 Å². The summed E-state index contributed by atoms with van der Waals surface area (Å²) in [6.45, 7) is 4.03. The highest BCUT2D eigenvalue weighted by atomic mass is 32.2. The van der Waals surface area contributed by atoms with E-state index in [4.69, 9.17) is 0 Å². The molecular weight excluding hydrogens is 362 g/mol. The summed E-state index contributed by atoms with van der Waals surface area (Å²) in [6, 6.07) is 5.12. The third-order valence-electron chi connectivity index (χ3n) is 5.71. The van der Waals surface area contributed by atoms with Crippen molar-refractivity contribution in [2.24, 2.45) is 5.92 Å². The van der Waals surface area contributed by atoms with E-state index in [-0.39, 0.29) is 16.8 Å². The fourth-order valence-electron chi connectivity index (χ4n) is 4.13. The molecule has 0 spiro atoms. The Morgan fingerprint density at radius 1 is 1.15 bits per heavy atom. The van der Waals surface area contributed by atoms with E-state index in [0.717, 1.165) is 50.9 Å². The van der Waals surface area contributed by atoms with Crippen LogP contribution in [0.15, 0.2) is 23.1 Å². The molecule has 1 heterocycles. The van der Waals surface area contributed by atoms with Gasteiger partial charge >= 0.3 is 0 Å². The Morgan fingerprint density at radius 3 is 2.48 bits per heavy atom. The molecule has 3 rings (SSSR count). The summed E-state index contributed by atoms with van der Waals surface area (Å²) in [5.74, 6) is 0.453. The fraction of sp³-hybridized carbons (Fsp3) is 0.650. The highest BCUT2D eigenvalue weighted by Crippen LogP contribution is 2.29. The van der Waals surface area contributed by atoms with Crippen molar-refractivity contribution in [3.05, 3.63) is 23.8 Å². The van der Waals surface area contributed by atoms with Crippen molar-refractivity contribution in [2.75, 3.05) is 32.1 Å². The van der Waals surface area contributed by atoms with Gasteiger partial charge in [0.2, 0.25) is 10.0 Å². The first-order chi connectivity index (χ1) is 12.8. The number of carbonyl (C=O) groups excluding carboxylic acids is 1. The van der Waals surface area contributed by atoms with Crippen LogP contribution in [0.4, 0.5) is 5.69 Å². The molecule has 6 nitrogen and oxygen atoms in total. The lowest BCUT2D eigenvalue weighted by Gasteiger charge is -2.28. The number of sulfonamides is 1. The van der Waals surface area contributed by atoms with Crippen molar-refractivity contribution in [2.45, 2.75) is 56.4 Å². The lowest BCUT2D eigenvalue weighted by atomic mass is 9.87. The van der Waals surface area contributed by atoms with E-state index in [9.17, 15) is 13.2 Å². The van der Waals surface area contributed by atoms with Gasteiger partial charge in [-0.25, -0.2) is 12.7 Å².